The fourth-order valence-electron chi connectivity index (χ4n) is 3.31. The van der Waals surface area contributed by atoms with Crippen LogP contribution < -0.4 is 15.9 Å². The lowest BCUT2D eigenvalue weighted by molar-refractivity contribution is -0.134. The van der Waals surface area contributed by atoms with Crippen molar-refractivity contribution >= 4 is 29.1 Å². The van der Waals surface area contributed by atoms with Gasteiger partial charge in [-0.25, -0.2) is 4.79 Å². The zero-order valence-electron chi connectivity index (χ0n) is 15.9. The van der Waals surface area contributed by atoms with E-state index in [2.05, 4.69) is 102 Å². The third kappa shape index (κ3) is 4.47. The van der Waals surface area contributed by atoms with Gasteiger partial charge in [0.1, 0.15) is 23.2 Å². The predicted octanol–water partition coefficient (Wildman–Crippen LogP) is 4.27. The minimum absolute atomic E-state index is 0.347. The molecular weight excluding hydrogens is 363 g/mol. The highest BCUT2D eigenvalue weighted by molar-refractivity contribution is 7.95. The van der Waals surface area contributed by atoms with Crippen molar-refractivity contribution in [1.29, 1.82) is 0 Å². The average Bonchev–Trinajstić information content (AvgIpc) is 2.78. The molecule has 0 aromatic heterocycles. The zero-order valence-corrected chi connectivity index (χ0v) is 16.8. The molecule has 0 aliphatic heterocycles. The standard InChI is InChI=1S/C25H24O2P/c1-27-25(26)20-12-5-13-21-28(22-14-6-2-7-15-22,23-16-8-3-9-17-23)24-18-10-4-11-19-24/h2-20H,21H2,1H3/q+1/b13-5-,20-12+. The topological polar surface area (TPSA) is 26.3 Å². The number of carbonyl (C=O) groups is 1. The highest BCUT2D eigenvalue weighted by atomic mass is 31.2. The Morgan fingerprint density at radius 2 is 1.18 bits per heavy atom. The third-order valence-electron chi connectivity index (χ3n) is 4.65. The van der Waals surface area contributed by atoms with Gasteiger partial charge < -0.3 is 4.74 Å². The minimum Gasteiger partial charge on any atom is -0.466 e. The summed E-state index contributed by atoms with van der Waals surface area (Å²) in [6.07, 6.45) is 8.13. The van der Waals surface area contributed by atoms with Gasteiger partial charge in [0, 0.05) is 6.08 Å². The molecule has 0 spiro atoms. The molecule has 3 heteroatoms. The van der Waals surface area contributed by atoms with Crippen LogP contribution in [0.5, 0.6) is 0 Å². The number of carbonyl (C=O) groups excluding carboxylic acids is 1. The highest BCUT2D eigenvalue weighted by Gasteiger charge is 2.43. The van der Waals surface area contributed by atoms with E-state index in [4.69, 9.17) is 0 Å². The fraction of sp³-hybridized carbons (Fsp3) is 0.0800. The van der Waals surface area contributed by atoms with Gasteiger partial charge in [0.2, 0.25) is 0 Å². The Kier molecular flexibility index (Phi) is 6.94. The van der Waals surface area contributed by atoms with Gasteiger partial charge in [-0.15, -0.1) is 0 Å². The molecule has 0 aliphatic carbocycles. The van der Waals surface area contributed by atoms with Crippen molar-refractivity contribution in [2.24, 2.45) is 0 Å². The second-order valence-corrected chi connectivity index (χ2v) is 9.84. The molecule has 0 amide bonds. The fourth-order valence-corrected chi connectivity index (χ4v) is 7.32. The Hall–Kier alpha value is -2.96. The van der Waals surface area contributed by atoms with Gasteiger partial charge in [-0.05, 0) is 42.5 Å². The summed E-state index contributed by atoms with van der Waals surface area (Å²) >= 11 is 0. The van der Waals surface area contributed by atoms with Crippen LogP contribution in [-0.2, 0) is 9.53 Å². The maximum atomic E-state index is 11.3. The first-order valence-electron chi connectivity index (χ1n) is 9.23. The van der Waals surface area contributed by atoms with Crippen molar-refractivity contribution in [3.63, 3.8) is 0 Å². The van der Waals surface area contributed by atoms with E-state index in [1.165, 1.54) is 29.1 Å². The summed E-state index contributed by atoms with van der Waals surface area (Å²) in [6.45, 7) is 0. The number of hydrogen-bond donors (Lipinski definition) is 0. The van der Waals surface area contributed by atoms with Crippen LogP contribution >= 0.6 is 7.26 Å². The molecule has 0 unspecified atom stereocenters. The van der Waals surface area contributed by atoms with Gasteiger partial charge in [0.15, 0.2) is 0 Å². The van der Waals surface area contributed by atoms with Crippen LogP contribution in [0, 0.1) is 0 Å². The van der Waals surface area contributed by atoms with E-state index in [0.717, 1.165) is 6.16 Å². The maximum Gasteiger partial charge on any atom is 0.330 e. The maximum absolute atomic E-state index is 11.3. The molecule has 0 saturated carbocycles. The van der Waals surface area contributed by atoms with E-state index >= 15 is 0 Å². The molecule has 140 valence electrons. The zero-order chi connectivity index (χ0) is 19.7. The van der Waals surface area contributed by atoms with Crippen LogP contribution in [0.2, 0.25) is 0 Å². The van der Waals surface area contributed by atoms with Crippen molar-refractivity contribution in [3.8, 4) is 0 Å². The first-order valence-corrected chi connectivity index (χ1v) is 11.2. The monoisotopic (exact) mass is 387 g/mol. The molecule has 28 heavy (non-hydrogen) atoms. The molecule has 3 rings (SSSR count). The van der Waals surface area contributed by atoms with Crippen LogP contribution in [0.3, 0.4) is 0 Å². The molecule has 0 aliphatic rings. The second kappa shape index (κ2) is 9.82. The predicted molar refractivity (Wildman–Crippen MR) is 120 cm³/mol. The minimum atomic E-state index is -1.86. The Bertz CT molecular complexity index is 835. The Labute approximate surface area is 167 Å². The lowest BCUT2D eigenvalue weighted by Gasteiger charge is -2.26. The van der Waals surface area contributed by atoms with E-state index in [-0.39, 0.29) is 5.97 Å². The summed E-state index contributed by atoms with van der Waals surface area (Å²) in [7, 11) is -0.479. The van der Waals surface area contributed by atoms with Gasteiger partial charge in [-0.1, -0.05) is 66.7 Å². The van der Waals surface area contributed by atoms with Crippen molar-refractivity contribution < 1.29 is 9.53 Å². The first-order chi connectivity index (χ1) is 13.8. The molecule has 0 saturated heterocycles. The number of allylic oxidation sites excluding steroid dienone is 3. The van der Waals surface area contributed by atoms with Crippen LogP contribution in [-0.4, -0.2) is 19.2 Å². The molecule has 0 heterocycles. The molecule has 2 nitrogen and oxygen atoms in total. The summed E-state index contributed by atoms with van der Waals surface area (Å²) in [5, 5.41) is 4.02. The van der Waals surface area contributed by atoms with Crippen LogP contribution in [0.1, 0.15) is 0 Å². The normalized spacial score (nSPS) is 11.8. The first kappa shape index (κ1) is 19.8. The molecule has 0 radical (unpaired) electrons. The van der Waals surface area contributed by atoms with Crippen molar-refractivity contribution in [1.82, 2.24) is 0 Å². The van der Waals surface area contributed by atoms with Gasteiger partial charge >= 0.3 is 5.97 Å². The Morgan fingerprint density at radius 3 is 1.57 bits per heavy atom. The van der Waals surface area contributed by atoms with E-state index < -0.39 is 7.26 Å². The summed E-state index contributed by atoms with van der Waals surface area (Å²) in [4.78, 5) is 11.3. The van der Waals surface area contributed by atoms with Gasteiger partial charge in [-0.3, -0.25) is 0 Å². The molecule has 0 atom stereocenters. The van der Waals surface area contributed by atoms with Crippen LogP contribution in [0.15, 0.2) is 115 Å². The Balaban J connectivity index is 2.10. The number of hydrogen-bond acceptors (Lipinski definition) is 2. The lowest BCUT2D eigenvalue weighted by atomic mass is 10.4. The summed E-state index contributed by atoms with van der Waals surface area (Å²) < 4.78 is 4.65. The van der Waals surface area contributed by atoms with Crippen molar-refractivity contribution in [2.75, 3.05) is 13.3 Å². The second-order valence-electron chi connectivity index (χ2n) is 6.31. The number of methoxy groups -OCH3 is 1. The summed E-state index contributed by atoms with van der Waals surface area (Å²) in [6, 6.07) is 32.2. The SMILES string of the molecule is COC(=O)/C=C/C=C\C[P+](c1ccccc1)(c1ccccc1)c1ccccc1. The number of ether oxygens (including phenoxy) is 1. The molecule has 0 bridgehead atoms. The average molecular weight is 387 g/mol. The number of benzene rings is 3. The van der Waals surface area contributed by atoms with Gasteiger partial charge in [-0.2, -0.15) is 0 Å². The molecule has 0 fully saturated rings. The van der Waals surface area contributed by atoms with Crippen LogP contribution in [0.25, 0.3) is 0 Å². The molecule has 3 aromatic carbocycles. The van der Waals surface area contributed by atoms with Crippen molar-refractivity contribution in [2.45, 2.75) is 0 Å². The van der Waals surface area contributed by atoms with E-state index in [1.807, 2.05) is 6.08 Å². The quantitative estimate of drug-likeness (QED) is 0.262. The van der Waals surface area contributed by atoms with E-state index in [0.29, 0.717) is 0 Å². The summed E-state index contributed by atoms with van der Waals surface area (Å²) in [5.74, 6) is -0.347. The van der Waals surface area contributed by atoms with Crippen molar-refractivity contribution in [3.05, 3.63) is 115 Å². The summed E-state index contributed by atoms with van der Waals surface area (Å²) in [5.41, 5.74) is 0. The van der Waals surface area contributed by atoms with Crippen LogP contribution in [0.4, 0.5) is 0 Å². The highest BCUT2D eigenvalue weighted by Crippen LogP contribution is 2.55. The number of rotatable bonds is 7. The molecular formula is C25H24O2P+. The largest absolute Gasteiger partial charge is 0.466 e. The number of esters is 1. The van der Waals surface area contributed by atoms with E-state index in [1.54, 1.807) is 6.08 Å². The van der Waals surface area contributed by atoms with E-state index in [9.17, 15) is 4.79 Å². The third-order valence-corrected chi connectivity index (χ3v) is 8.95. The molecule has 0 N–H and O–H groups in total. The molecule has 3 aromatic rings. The van der Waals surface area contributed by atoms with Gasteiger partial charge in [0.25, 0.3) is 0 Å². The Morgan fingerprint density at radius 1 is 0.750 bits per heavy atom. The lowest BCUT2D eigenvalue weighted by Crippen LogP contribution is -2.32. The van der Waals surface area contributed by atoms with Gasteiger partial charge in [0.05, 0.1) is 13.3 Å². The smallest absolute Gasteiger partial charge is 0.330 e.